The molecule has 284 valence electrons. The zero-order valence-corrected chi connectivity index (χ0v) is 32.2. The van der Waals surface area contributed by atoms with Gasteiger partial charge < -0.3 is 32.7 Å². The van der Waals surface area contributed by atoms with Gasteiger partial charge in [0.1, 0.15) is 0 Å². The number of unbranched alkanes of at least 4 members (excludes halogenated alkanes) is 21. The van der Waals surface area contributed by atoms with E-state index in [1.165, 1.54) is 128 Å². The third-order valence-corrected chi connectivity index (χ3v) is 9.54. The van der Waals surface area contributed by atoms with E-state index in [0.717, 1.165) is 38.8 Å². The van der Waals surface area contributed by atoms with Gasteiger partial charge in [0, 0.05) is 38.0 Å². The van der Waals surface area contributed by atoms with Crippen LogP contribution < -0.4 is 27.8 Å². The molecule has 48 heavy (non-hydrogen) atoms. The minimum atomic E-state index is -0.579. The number of halogens is 1. The molecule has 0 aromatic carbocycles. The molecule has 2 atom stereocenters. The van der Waals surface area contributed by atoms with Crippen molar-refractivity contribution in [2.75, 3.05) is 26.2 Å². The zero-order chi connectivity index (χ0) is 35.5. The highest BCUT2D eigenvalue weighted by Crippen LogP contribution is 2.14. The molecule has 0 aromatic heterocycles. The average Bonchev–Trinajstić information content (AvgIpc) is 3.09. The quantitative estimate of drug-likeness (QED) is 0.0255. The number of hydrogen-bond donors (Lipinski definition) is 5. The predicted octanol–water partition coefficient (Wildman–Crippen LogP) is 8.22. The molecular weight excluding hydrogens is 622 g/mol. The SMILES string of the molecule is CCCCCCCCCCCCCCN(CCCCCCCCCCCC)C(=O)C(N)CCCCNC(=O)C(N)CCCN/C(N)=N/Cl. The molecule has 0 aliphatic heterocycles. The van der Waals surface area contributed by atoms with Gasteiger partial charge in [-0.3, -0.25) is 9.59 Å². The lowest BCUT2D eigenvalue weighted by Crippen LogP contribution is -2.44. The fourth-order valence-corrected chi connectivity index (χ4v) is 6.22. The molecule has 0 aromatic rings. The second kappa shape index (κ2) is 35.3. The number of rotatable bonds is 35. The summed E-state index contributed by atoms with van der Waals surface area (Å²) in [6, 6.07) is -1.07. The summed E-state index contributed by atoms with van der Waals surface area (Å²) in [5, 5.41) is 5.75. The van der Waals surface area contributed by atoms with Crippen LogP contribution in [-0.2, 0) is 9.59 Å². The first kappa shape index (κ1) is 46.4. The summed E-state index contributed by atoms with van der Waals surface area (Å²) < 4.78 is 3.32. The van der Waals surface area contributed by atoms with Crippen molar-refractivity contribution in [1.82, 2.24) is 15.5 Å². The fraction of sp³-hybridized carbons (Fsp3) is 0.921. The molecule has 0 aliphatic rings. The largest absolute Gasteiger partial charge is 0.369 e. The number of nitrogens with two attached hydrogens (primary N) is 3. The molecule has 9 nitrogen and oxygen atoms in total. The Labute approximate surface area is 301 Å². The molecule has 0 fully saturated rings. The molecule has 0 aliphatic carbocycles. The van der Waals surface area contributed by atoms with Crippen molar-refractivity contribution < 1.29 is 9.59 Å². The summed E-state index contributed by atoms with van der Waals surface area (Å²) in [6.07, 6.45) is 32.0. The molecule has 8 N–H and O–H groups in total. The van der Waals surface area contributed by atoms with E-state index in [4.69, 9.17) is 29.0 Å². The molecule has 0 radical (unpaired) electrons. The highest BCUT2D eigenvalue weighted by atomic mass is 35.5. The Morgan fingerprint density at radius 1 is 0.562 bits per heavy atom. The van der Waals surface area contributed by atoms with Crippen LogP contribution in [0.25, 0.3) is 0 Å². The van der Waals surface area contributed by atoms with Gasteiger partial charge in [-0.25, -0.2) is 0 Å². The molecule has 2 amide bonds. The highest BCUT2D eigenvalue weighted by molar-refractivity contribution is 6.19. The Kier molecular flexibility index (Phi) is 34.1. The summed E-state index contributed by atoms with van der Waals surface area (Å²) in [4.78, 5) is 27.8. The standard InChI is InChI=1S/C38H78ClN7O2/c1-3-5-7-9-11-13-15-16-18-20-22-26-33-46(32-25-21-19-17-14-12-10-8-6-4-2)37(48)35(41)28-23-24-30-43-36(47)34(40)29-27-31-44-38(42)45-39/h34-35H,3-33,40-41H2,1-2H3,(H,43,47)(H3,42,44,45). The van der Waals surface area contributed by atoms with Gasteiger partial charge in [0.05, 0.1) is 12.1 Å². The van der Waals surface area contributed by atoms with Crippen LogP contribution in [-0.4, -0.2) is 60.9 Å². The van der Waals surface area contributed by atoms with Crippen LogP contribution in [0.4, 0.5) is 0 Å². The summed E-state index contributed by atoms with van der Waals surface area (Å²) in [7, 11) is 0. The van der Waals surface area contributed by atoms with Crippen molar-refractivity contribution in [3.8, 4) is 0 Å². The van der Waals surface area contributed by atoms with Gasteiger partial charge in [-0.15, -0.1) is 4.51 Å². The van der Waals surface area contributed by atoms with Gasteiger partial charge in [0.15, 0.2) is 0 Å². The monoisotopic (exact) mass is 700 g/mol. The molecule has 10 heteroatoms. The van der Waals surface area contributed by atoms with E-state index in [1.807, 2.05) is 4.90 Å². The van der Waals surface area contributed by atoms with Gasteiger partial charge in [-0.2, -0.15) is 0 Å². The van der Waals surface area contributed by atoms with E-state index in [2.05, 4.69) is 29.0 Å². The summed E-state index contributed by atoms with van der Waals surface area (Å²) >= 11 is 5.27. The van der Waals surface area contributed by atoms with Crippen LogP contribution in [0.3, 0.4) is 0 Å². The number of hydrogen-bond acceptors (Lipinski definition) is 5. The van der Waals surface area contributed by atoms with E-state index in [1.54, 1.807) is 0 Å². The van der Waals surface area contributed by atoms with Crippen LogP contribution in [0.2, 0.25) is 0 Å². The molecule has 0 heterocycles. The lowest BCUT2D eigenvalue weighted by atomic mass is 10.0. The Bertz CT molecular complexity index is 771. The minimum Gasteiger partial charge on any atom is -0.369 e. The lowest BCUT2D eigenvalue weighted by Gasteiger charge is -2.26. The average molecular weight is 701 g/mol. The van der Waals surface area contributed by atoms with Crippen LogP contribution in [0.1, 0.15) is 187 Å². The normalized spacial score (nSPS) is 13.0. The minimum absolute atomic E-state index is 0.0912. The van der Waals surface area contributed by atoms with Crippen molar-refractivity contribution in [3.63, 3.8) is 0 Å². The molecule has 0 saturated heterocycles. The van der Waals surface area contributed by atoms with Crippen LogP contribution in [0.15, 0.2) is 4.51 Å². The summed E-state index contributed by atoms with van der Waals surface area (Å²) in [5.74, 6) is 0.0746. The molecule has 0 spiro atoms. The van der Waals surface area contributed by atoms with Gasteiger partial charge >= 0.3 is 0 Å². The van der Waals surface area contributed by atoms with Crippen molar-refractivity contribution in [2.24, 2.45) is 21.7 Å². The topological polar surface area (TPSA) is 152 Å². The maximum Gasteiger partial charge on any atom is 0.239 e. The molecule has 0 saturated carbocycles. The van der Waals surface area contributed by atoms with Crippen molar-refractivity contribution in [1.29, 1.82) is 0 Å². The van der Waals surface area contributed by atoms with Crippen molar-refractivity contribution in [3.05, 3.63) is 0 Å². The smallest absolute Gasteiger partial charge is 0.239 e. The van der Waals surface area contributed by atoms with Crippen molar-refractivity contribution >= 4 is 29.6 Å². The van der Waals surface area contributed by atoms with E-state index >= 15 is 0 Å². The van der Waals surface area contributed by atoms with Gasteiger partial charge in [0.25, 0.3) is 0 Å². The maximum absolute atomic E-state index is 13.4. The molecular formula is C38H78ClN7O2. The van der Waals surface area contributed by atoms with Crippen LogP contribution >= 0.6 is 11.8 Å². The van der Waals surface area contributed by atoms with Gasteiger partial charge in [0.2, 0.25) is 17.8 Å². The first-order valence-electron chi connectivity index (χ1n) is 20.1. The highest BCUT2D eigenvalue weighted by Gasteiger charge is 2.20. The lowest BCUT2D eigenvalue weighted by molar-refractivity contribution is -0.133. The Morgan fingerprint density at radius 3 is 1.40 bits per heavy atom. The number of nitrogens with one attached hydrogen (secondary N) is 2. The first-order chi connectivity index (χ1) is 23.4. The third-order valence-electron chi connectivity index (χ3n) is 9.36. The van der Waals surface area contributed by atoms with E-state index < -0.39 is 12.1 Å². The predicted molar refractivity (Wildman–Crippen MR) is 207 cm³/mol. The summed E-state index contributed by atoms with van der Waals surface area (Å²) in [6.45, 7) is 7.24. The summed E-state index contributed by atoms with van der Waals surface area (Å²) in [5.41, 5.74) is 17.9. The number of guanidine groups is 1. The second-order valence-corrected chi connectivity index (χ2v) is 14.1. The number of nitrogens with zero attached hydrogens (tertiary/aromatic N) is 2. The number of amides is 2. The number of carbonyl (C=O) groups is 2. The van der Waals surface area contributed by atoms with Gasteiger partial charge in [-0.05, 0) is 44.9 Å². The number of carbonyl (C=O) groups excluding carboxylic acids is 2. The molecule has 0 bridgehead atoms. The molecule has 0 rings (SSSR count). The Balaban J connectivity index is 4.39. The Morgan fingerprint density at radius 2 is 0.958 bits per heavy atom. The molecule has 2 unspecified atom stereocenters. The zero-order valence-electron chi connectivity index (χ0n) is 31.4. The first-order valence-corrected chi connectivity index (χ1v) is 20.5. The van der Waals surface area contributed by atoms with E-state index in [9.17, 15) is 9.59 Å². The Hall–Kier alpha value is -1.58. The third kappa shape index (κ3) is 29.3. The van der Waals surface area contributed by atoms with Crippen LogP contribution in [0.5, 0.6) is 0 Å². The van der Waals surface area contributed by atoms with E-state index in [-0.39, 0.29) is 17.8 Å². The van der Waals surface area contributed by atoms with Crippen molar-refractivity contribution in [2.45, 2.75) is 199 Å². The van der Waals surface area contributed by atoms with E-state index in [0.29, 0.717) is 32.4 Å². The maximum atomic E-state index is 13.4. The van der Waals surface area contributed by atoms with Gasteiger partial charge in [-0.1, -0.05) is 142 Å². The fourth-order valence-electron chi connectivity index (χ4n) is 6.16. The van der Waals surface area contributed by atoms with Crippen LogP contribution in [0, 0.1) is 0 Å². The second-order valence-electron chi connectivity index (χ2n) is 13.9.